The molecular formula is C26H33N5O3. The van der Waals surface area contributed by atoms with Gasteiger partial charge in [-0.25, -0.2) is 4.79 Å². The van der Waals surface area contributed by atoms with Gasteiger partial charge in [-0.1, -0.05) is 74.5 Å². The average Bonchev–Trinajstić information content (AvgIpc) is 2.83. The molecule has 8 nitrogen and oxygen atoms in total. The van der Waals surface area contributed by atoms with E-state index < -0.39 is 11.2 Å². The number of aromatic nitrogens is 2. The van der Waals surface area contributed by atoms with Crippen molar-refractivity contribution in [3.05, 3.63) is 92.6 Å². The topological polar surface area (TPSA) is 113 Å². The van der Waals surface area contributed by atoms with Gasteiger partial charge >= 0.3 is 5.69 Å². The Bertz CT molecular complexity index is 1200. The molecular weight excluding hydrogens is 430 g/mol. The van der Waals surface area contributed by atoms with Crippen molar-refractivity contribution in [1.29, 1.82) is 0 Å². The quantitative estimate of drug-likeness (QED) is 0.428. The van der Waals surface area contributed by atoms with Crippen LogP contribution in [0.2, 0.25) is 0 Å². The van der Waals surface area contributed by atoms with Crippen LogP contribution in [0.15, 0.2) is 70.3 Å². The summed E-state index contributed by atoms with van der Waals surface area (Å²) in [7, 11) is 0. The zero-order valence-electron chi connectivity index (χ0n) is 20.0. The number of nitrogens with one attached hydrogen (secondary N) is 2. The van der Waals surface area contributed by atoms with Crippen molar-refractivity contribution in [2.24, 2.45) is 5.92 Å². The molecule has 1 amide bonds. The summed E-state index contributed by atoms with van der Waals surface area (Å²) in [5, 5.41) is 3.23. The van der Waals surface area contributed by atoms with Crippen molar-refractivity contribution in [3.8, 4) is 0 Å². The highest BCUT2D eigenvalue weighted by molar-refractivity contribution is 5.96. The van der Waals surface area contributed by atoms with Crippen LogP contribution < -0.4 is 27.2 Å². The molecule has 0 aliphatic carbocycles. The molecule has 1 atom stereocenters. The Balaban J connectivity index is 1.91. The lowest BCUT2D eigenvalue weighted by Crippen LogP contribution is -2.45. The van der Waals surface area contributed by atoms with Crippen molar-refractivity contribution in [2.75, 3.05) is 23.7 Å². The number of H-pyrrole nitrogens is 1. The van der Waals surface area contributed by atoms with Crippen molar-refractivity contribution in [2.45, 2.75) is 39.8 Å². The van der Waals surface area contributed by atoms with Gasteiger partial charge in [0.1, 0.15) is 5.82 Å². The minimum atomic E-state index is -0.667. The number of carbonyl (C=O) groups excluding carboxylic acids is 1. The van der Waals surface area contributed by atoms with Gasteiger partial charge in [-0.15, -0.1) is 0 Å². The summed E-state index contributed by atoms with van der Waals surface area (Å²) < 4.78 is 1.29. The molecule has 1 aromatic heterocycles. The highest BCUT2D eigenvalue weighted by Gasteiger charge is 2.24. The van der Waals surface area contributed by atoms with Crippen LogP contribution in [-0.4, -0.2) is 28.5 Å². The molecule has 4 N–H and O–H groups in total. The molecule has 0 saturated carbocycles. The standard InChI is InChI=1S/C26H33N5O3/c1-18(2)14-15-30(22(32)16-28-19(3)21-12-8-5-9-13-21)23-24(27)31(26(34)29-25(23)33)17-20-10-6-4-7-11-20/h4-13,18-19,28H,14-17,27H2,1-3H3,(H,29,33,34). The molecule has 1 unspecified atom stereocenters. The number of carbonyl (C=O) groups is 1. The van der Waals surface area contributed by atoms with E-state index >= 15 is 0 Å². The van der Waals surface area contributed by atoms with E-state index in [1.165, 1.54) is 9.47 Å². The maximum atomic E-state index is 13.3. The number of amides is 1. The number of hydrogen-bond acceptors (Lipinski definition) is 5. The van der Waals surface area contributed by atoms with Crippen molar-refractivity contribution in [3.63, 3.8) is 0 Å². The summed E-state index contributed by atoms with van der Waals surface area (Å²) in [4.78, 5) is 42.5. The monoisotopic (exact) mass is 463 g/mol. The fourth-order valence-electron chi connectivity index (χ4n) is 3.71. The molecule has 1 heterocycles. The van der Waals surface area contributed by atoms with Crippen LogP contribution in [0.3, 0.4) is 0 Å². The Morgan fingerprint density at radius 1 is 1.03 bits per heavy atom. The summed E-state index contributed by atoms with van der Waals surface area (Å²) in [5.41, 5.74) is 7.00. The number of anilines is 2. The predicted octanol–water partition coefficient (Wildman–Crippen LogP) is 2.90. The highest BCUT2D eigenvalue weighted by atomic mass is 16.2. The SMILES string of the molecule is CC(C)CCN(C(=O)CNC(C)c1ccccc1)c1c(N)n(Cc2ccccc2)c(=O)[nH]c1=O. The van der Waals surface area contributed by atoms with E-state index in [9.17, 15) is 14.4 Å². The fourth-order valence-corrected chi connectivity index (χ4v) is 3.71. The molecule has 0 aliphatic rings. The first-order valence-electron chi connectivity index (χ1n) is 11.5. The minimum Gasteiger partial charge on any atom is -0.383 e. The van der Waals surface area contributed by atoms with Crippen molar-refractivity contribution < 1.29 is 4.79 Å². The molecule has 180 valence electrons. The Morgan fingerprint density at radius 2 is 1.65 bits per heavy atom. The predicted molar refractivity (Wildman–Crippen MR) is 136 cm³/mol. The maximum Gasteiger partial charge on any atom is 0.330 e. The first-order valence-corrected chi connectivity index (χ1v) is 11.5. The lowest BCUT2D eigenvalue weighted by Gasteiger charge is -2.26. The van der Waals surface area contributed by atoms with E-state index in [-0.39, 0.29) is 36.5 Å². The molecule has 0 radical (unpaired) electrons. The molecule has 3 rings (SSSR count). The third kappa shape index (κ3) is 6.23. The van der Waals surface area contributed by atoms with E-state index in [1.807, 2.05) is 81.4 Å². The second-order valence-electron chi connectivity index (χ2n) is 8.81. The number of aromatic amines is 1. The molecule has 8 heteroatoms. The van der Waals surface area contributed by atoms with Gasteiger partial charge in [-0.3, -0.25) is 19.1 Å². The van der Waals surface area contributed by atoms with E-state index in [1.54, 1.807) is 0 Å². The largest absolute Gasteiger partial charge is 0.383 e. The first kappa shape index (κ1) is 25.0. The zero-order chi connectivity index (χ0) is 24.7. The van der Waals surface area contributed by atoms with Crippen LogP contribution in [0.1, 0.15) is 44.4 Å². The van der Waals surface area contributed by atoms with Crippen LogP contribution in [0.5, 0.6) is 0 Å². The van der Waals surface area contributed by atoms with Crippen LogP contribution in [-0.2, 0) is 11.3 Å². The maximum absolute atomic E-state index is 13.3. The zero-order valence-corrected chi connectivity index (χ0v) is 20.0. The van der Waals surface area contributed by atoms with Gasteiger partial charge in [0, 0.05) is 12.6 Å². The Hall–Kier alpha value is -3.65. The molecule has 0 spiro atoms. The number of nitrogens with two attached hydrogens (primary N) is 1. The number of rotatable bonds is 10. The van der Waals surface area contributed by atoms with Gasteiger partial charge < -0.3 is 16.0 Å². The Labute approximate surface area is 199 Å². The molecule has 0 fully saturated rings. The normalized spacial score (nSPS) is 12.0. The van der Waals surface area contributed by atoms with Gasteiger partial charge in [0.25, 0.3) is 5.56 Å². The van der Waals surface area contributed by atoms with Crippen LogP contribution in [0.4, 0.5) is 11.5 Å². The summed E-state index contributed by atoms with van der Waals surface area (Å²) in [6.45, 7) is 6.58. The number of hydrogen-bond donors (Lipinski definition) is 3. The fraction of sp³-hybridized carbons (Fsp3) is 0.346. The molecule has 3 aromatic rings. The summed E-state index contributed by atoms with van der Waals surface area (Å²) in [6.07, 6.45) is 0.677. The van der Waals surface area contributed by atoms with E-state index in [0.717, 1.165) is 11.1 Å². The number of benzene rings is 2. The van der Waals surface area contributed by atoms with Gasteiger partial charge in [0.15, 0.2) is 5.69 Å². The molecule has 0 aliphatic heterocycles. The summed E-state index contributed by atoms with van der Waals surface area (Å²) >= 11 is 0. The van der Waals surface area contributed by atoms with Crippen LogP contribution in [0.25, 0.3) is 0 Å². The van der Waals surface area contributed by atoms with E-state index in [4.69, 9.17) is 5.73 Å². The number of nitrogens with zero attached hydrogens (tertiary/aromatic N) is 2. The summed E-state index contributed by atoms with van der Waals surface area (Å²) in [5.74, 6) is -0.00149. The van der Waals surface area contributed by atoms with Crippen molar-refractivity contribution >= 4 is 17.4 Å². The first-order chi connectivity index (χ1) is 16.3. The third-order valence-electron chi connectivity index (χ3n) is 5.76. The van der Waals surface area contributed by atoms with Crippen LogP contribution >= 0.6 is 0 Å². The summed E-state index contributed by atoms with van der Waals surface area (Å²) in [6, 6.07) is 19.1. The van der Waals surface area contributed by atoms with E-state index in [2.05, 4.69) is 10.3 Å². The lowest BCUT2D eigenvalue weighted by molar-refractivity contribution is -0.118. The average molecular weight is 464 g/mol. The van der Waals surface area contributed by atoms with Gasteiger partial charge in [0.2, 0.25) is 5.91 Å². The molecule has 2 aromatic carbocycles. The second kappa shape index (κ2) is 11.5. The minimum absolute atomic E-state index is 0.00958. The molecule has 0 saturated heterocycles. The van der Waals surface area contributed by atoms with E-state index in [0.29, 0.717) is 18.9 Å². The molecule has 0 bridgehead atoms. The Morgan fingerprint density at radius 3 is 2.26 bits per heavy atom. The highest BCUT2D eigenvalue weighted by Crippen LogP contribution is 2.20. The third-order valence-corrected chi connectivity index (χ3v) is 5.76. The second-order valence-corrected chi connectivity index (χ2v) is 8.81. The smallest absolute Gasteiger partial charge is 0.330 e. The van der Waals surface area contributed by atoms with Gasteiger partial charge in [-0.05, 0) is 30.4 Å². The lowest BCUT2D eigenvalue weighted by atomic mass is 10.1. The van der Waals surface area contributed by atoms with Crippen molar-refractivity contribution in [1.82, 2.24) is 14.9 Å². The van der Waals surface area contributed by atoms with Gasteiger partial charge in [-0.2, -0.15) is 0 Å². The Kier molecular flexibility index (Phi) is 8.43. The molecule has 34 heavy (non-hydrogen) atoms. The number of nitrogen functional groups attached to an aromatic ring is 1. The van der Waals surface area contributed by atoms with Crippen LogP contribution in [0, 0.1) is 5.92 Å². The van der Waals surface area contributed by atoms with Gasteiger partial charge in [0.05, 0.1) is 13.1 Å².